The summed E-state index contributed by atoms with van der Waals surface area (Å²) in [6.07, 6.45) is 2.85. The van der Waals surface area contributed by atoms with Gasteiger partial charge in [-0.3, -0.25) is 0 Å². The maximum Gasteiger partial charge on any atom is 0.284 e. The summed E-state index contributed by atoms with van der Waals surface area (Å²) in [6.45, 7) is 3.14. The predicted molar refractivity (Wildman–Crippen MR) is 182 cm³/mol. The number of aliphatic hydroxyl groups excluding tert-OH is 1. The van der Waals surface area contributed by atoms with Crippen LogP contribution in [0.3, 0.4) is 0 Å². The van der Waals surface area contributed by atoms with Crippen molar-refractivity contribution in [3.05, 3.63) is 125 Å². The predicted octanol–water partition coefficient (Wildman–Crippen LogP) is 3.06. The zero-order valence-electron chi connectivity index (χ0n) is 26.8. The number of hydrogen-bond donors (Lipinski definition) is 3. The molecule has 0 aliphatic rings. The van der Waals surface area contributed by atoms with Gasteiger partial charge in [-0.05, 0) is 61.8 Å². The molecule has 0 saturated heterocycles. The maximum atomic E-state index is 10.7. The van der Waals surface area contributed by atoms with Crippen LogP contribution in [-0.2, 0) is 26.1 Å². The molecule has 7 rings (SSSR count). The zero-order valence-corrected chi connectivity index (χ0v) is 29.1. The monoisotopic (exact) mass is 736 g/mol. The van der Waals surface area contributed by atoms with Crippen LogP contribution in [0.15, 0.2) is 97.1 Å². The first-order chi connectivity index (χ1) is 23.6. The number of hydrogen-bond acceptors (Lipinski definition) is 7. The van der Waals surface area contributed by atoms with Crippen LogP contribution in [0.4, 0.5) is 0 Å². The van der Waals surface area contributed by atoms with Crippen molar-refractivity contribution in [2.24, 2.45) is 0 Å². The third-order valence-corrected chi connectivity index (χ3v) is 8.99. The van der Waals surface area contributed by atoms with E-state index in [4.69, 9.17) is 11.6 Å². The minimum Gasteiger partial charge on any atom is -1.00 e. The Hall–Kier alpha value is -5.04. The first-order valence-corrected chi connectivity index (χ1v) is 16.3. The number of aromatic nitrogens is 10. The topological polar surface area (TPSA) is 138 Å². The van der Waals surface area contributed by atoms with Gasteiger partial charge in [0.05, 0.1) is 0 Å². The number of aliphatic hydroxyl groups is 1. The molecule has 0 atom stereocenters. The average molecular weight is 738 g/mol. The van der Waals surface area contributed by atoms with Gasteiger partial charge in [-0.2, -0.15) is 10.4 Å². The number of unbranched alkanes of at least 4 members (excludes halogenated alkanes) is 1. The van der Waals surface area contributed by atoms with Crippen LogP contribution in [0.25, 0.3) is 45.0 Å². The average Bonchev–Trinajstić information content (AvgIpc) is 3.91. The molecular weight excluding hydrogens is 704 g/mol. The van der Waals surface area contributed by atoms with Gasteiger partial charge in [-0.1, -0.05) is 110 Å². The largest absolute Gasteiger partial charge is 1.00 e. The Balaban J connectivity index is 0.00000417. The highest BCUT2D eigenvalue weighted by atomic mass is 79.9. The van der Waals surface area contributed by atoms with Gasteiger partial charge in [0.25, 0.3) is 5.82 Å². The lowest BCUT2D eigenvalue weighted by Gasteiger charge is -2.09. The Morgan fingerprint density at radius 2 is 1.22 bits per heavy atom. The van der Waals surface area contributed by atoms with Crippen LogP contribution in [0.1, 0.15) is 42.4 Å². The number of aromatic amines is 2. The van der Waals surface area contributed by atoms with Crippen LogP contribution < -0.4 is 21.5 Å². The fraction of sp³-hybridized carbons (Fsp3) is 0.194. The van der Waals surface area contributed by atoms with Crippen molar-refractivity contribution in [3.8, 4) is 45.0 Å². The summed E-state index contributed by atoms with van der Waals surface area (Å²) in [4.78, 5) is 0. The Morgan fingerprint density at radius 3 is 1.69 bits per heavy atom. The van der Waals surface area contributed by atoms with Gasteiger partial charge >= 0.3 is 0 Å². The fourth-order valence-electron chi connectivity index (χ4n) is 6.14. The molecule has 0 spiro atoms. The third-order valence-electron chi connectivity index (χ3n) is 8.57. The molecule has 0 unspecified atom stereocenters. The fourth-order valence-corrected chi connectivity index (χ4v) is 6.49. The standard InChI is InChI=1S/C36H34ClN10O.BrH/c1-2-3-12-32-34(37)47(22-25-15-19-27(20-16-25)29-9-5-7-11-31(29)36-40-44-45-41-36)33(23-48)46(32)21-24-13-17-26(18-14-24)28-8-4-6-10-30(28)35-38-42-43-39-35;/h4-11,13-20,48H,2-3,12,21-23H2,1H3,(H,38,39,42,43)(H,40,41,44,45);1H/q+1;/p-1. The van der Waals surface area contributed by atoms with E-state index in [1.807, 2.05) is 41.0 Å². The molecule has 0 aliphatic carbocycles. The molecule has 0 fully saturated rings. The third kappa shape index (κ3) is 7.07. The Morgan fingerprint density at radius 1 is 0.714 bits per heavy atom. The first-order valence-electron chi connectivity index (χ1n) is 15.9. The van der Waals surface area contributed by atoms with E-state index in [9.17, 15) is 5.11 Å². The first kappa shape index (κ1) is 33.8. The van der Waals surface area contributed by atoms with Crippen molar-refractivity contribution < 1.29 is 26.7 Å². The van der Waals surface area contributed by atoms with Crippen LogP contribution in [0.2, 0.25) is 5.15 Å². The lowest BCUT2D eigenvalue weighted by Crippen LogP contribution is -3.00. The van der Waals surface area contributed by atoms with Crippen molar-refractivity contribution in [1.29, 1.82) is 0 Å². The number of benzene rings is 4. The second-order valence-corrected chi connectivity index (χ2v) is 11.9. The molecule has 3 N–H and O–H groups in total. The number of H-pyrrole nitrogens is 2. The minimum atomic E-state index is -0.141. The summed E-state index contributed by atoms with van der Waals surface area (Å²) < 4.78 is 4.21. The molecule has 7 aromatic rings. The maximum absolute atomic E-state index is 10.7. The molecule has 0 amide bonds. The number of imidazole rings is 1. The molecule has 4 aromatic carbocycles. The lowest BCUT2D eigenvalue weighted by atomic mass is 9.98. The summed E-state index contributed by atoms with van der Waals surface area (Å²) in [5, 5.41) is 40.6. The van der Waals surface area contributed by atoms with Gasteiger partial charge in [0, 0.05) is 17.5 Å². The van der Waals surface area contributed by atoms with E-state index in [0.717, 1.165) is 75.3 Å². The van der Waals surface area contributed by atoms with E-state index in [2.05, 4.69) is 113 Å². The molecule has 3 heterocycles. The summed E-state index contributed by atoms with van der Waals surface area (Å²) in [7, 11) is 0. The van der Waals surface area contributed by atoms with Crippen molar-refractivity contribution in [1.82, 2.24) is 45.8 Å². The van der Waals surface area contributed by atoms with Gasteiger partial charge in [0.15, 0.2) is 5.69 Å². The SMILES string of the molecule is CCCCc1c(Cl)[n+](Cc2ccc(-c3ccccc3-c3nn[nH]n3)cc2)c(CO)n1Cc1ccc(-c2ccccc2-c2nn[nH]n2)cc1.[Br-]. The van der Waals surface area contributed by atoms with Crippen LogP contribution in [-0.4, -0.2) is 50.9 Å². The molecule has 0 aliphatic heterocycles. The highest BCUT2D eigenvalue weighted by Crippen LogP contribution is 2.31. The van der Waals surface area contributed by atoms with E-state index < -0.39 is 0 Å². The quantitative estimate of drug-likeness (QED) is 0.164. The van der Waals surface area contributed by atoms with E-state index in [-0.39, 0.29) is 23.6 Å². The van der Waals surface area contributed by atoms with E-state index in [0.29, 0.717) is 29.9 Å². The van der Waals surface area contributed by atoms with Gasteiger partial charge < -0.3 is 22.1 Å². The van der Waals surface area contributed by atoms with Crippen molar-refractivity contribution in [2.45, 2.75) is 45.9 Å². The molecule has 11 nitrogen and oxygen atoms in total. The minimum absolute atomic E-state index is 0. The molecule has 248 valence electrons. The van der Waals surface area contributed by atoms with Crippen LogP contribution >= 0.6 is 11.6 Å². The molecule has 0 bridgehead atoms. The van der Waals surface area contributed by atoms with E-state index in [1.165, 1.54) is 0 Å². The smallest absolute Gasteiger partial charge is 0.284 e. The normalized spacial score (nSPS) is 11.1. The number of halogens is 2. The molecule has 0 saturated carbocycles. The molecular formula is C36H34BrClN10O. The number of rotatable bonds is 12. The Kier molecular flexibility index (Phi) is 10.7. The van der Waals surface area contributed by atoms with Crippen molar-refractivity contribution in [2.75, 3.05) is 0 Å². The highest BCUT2D eigenvalue weighted by Gasteiger charge is 2.29. The number of tetrazole rings is 2. The Bertz CT molecular complexity index is 2110. The second-order valence-electron chi connectivity index (χ2n) is 11.5. The molecule has 3 aromatic heterocycles. The van der Waals surface area contributed by atoms with Crippen LogP contribution in [0.5, 0.6) is 0 Å². The van der Waals surface area contributed by atoms with Gasteiger partial charge in [-0.15, -0.1) is 20.4 Å². The molecule has 49 heavy (non-hydrogen) atoms. The van der Waals surface area contributed by atoms with Crippen molar-refractivity contribution >= 4 is 11.6 Å². The summed E-state index contributed by atoms with van der Waals surface area (Å²) >= 11 is 7.13. The highest BCUT2D eigenvalue weighted by molar-refractivity contribution is 6.29. The second kappa shape index (κ2) is 15.5. The lowest BCUT2D eigenvalue weighted by molar-refractivity contribution is -0.695. The van der Waals surface area contributed by atoms with Crippen molar-refractivity contribution in [3.63, 3.8) is 0 Å². The van der Waals surface area contributed by atoms with Crippen LogP contribution in [0, 0.1) is 0 Å². The summed E-state index contributed by atoms with van der Waals surface area (Å²) in [5.41, 5.74) is 9.15. The van der Waals surface area contributed by atoms with E-state index in [1.54, 1.807) is 0 Å². The van der Waals surface area contributed by atoms with Gasteiger partial charge in [-0.25, -0.2) is 9.13 Å². The molecule has 13 heteroatoms. The van der Waals surface area contributed by atoms with Gasteiger partial charge in [0.2, 0.25) is 16.8 Å². The zero-order chi connectivity index (χ0) is 32.9. The molecule has 0 radical (unpaired) electrons. The van der Waals surface area contributed by atoms with Gasteiger partial charge in [0.1, 0.15) is 19.7 Å². The number of nitrogens with one attached hydrogen (secondary N) is 2. The summed E-state index contributed by atoms with van der Waals surface area (Å²) in [5.74, 6) is 1.87. The van der Waals surface area contributed by atoms with E-state index >= 15 is 0 Å². The number of nitrogens with zero attached hydrogens (tertiary/aromatic N) is 8. The Labute approximate surface area is 298 Å². The summed E-state index contributed by atoms with van der Waals surface area (Å²) in [6, 6.07) is 32.9.